The van der Waals surface area contributed by atoms with Crippen LogP contribution in [0.25, 0.3) is 0 Å². The molecule has 0 aromatic rings. The van der Waals surface area contributed by atoms with Gasteiger partial charge in [-0.2, -0.15) is 11.1 Å². The zero-order valence-corrected chi connectivity index (χ0v) is 14.1. The van der Waals surface area contributed by atoms with Gasteiger partial charge in [-0.15, -0.1) is 24.0 Å². The summed E-state index contributed by atoms with van der Waals surface area (Å²) in [5.41, 5.74) is 0. The standard InChI is InChI=1S/C4H9.C2H7ClSi.HI.Na/c2*1-4(2)3;;/h1-3H3;4H,1-2H3;1H;. The third-order valence-electron chi connectivity index (χ3n) is 0. The Morgan fingerprint density at radius 1 is 1.20 bits per heavy atom. The minimum atomic E-state index is -0.667. The number of rotatable bonds is 0. The molecule has 4 heteroatoms. The predicted octanol–water partition coefficient (Wildman–Crippen LogP) is 3.20. The fourth-order valence-electron chi connectivity index (χ4n) is 0. The maximum absolute atomic E-state index is 5.41. The predicted molar refractivity (Wildman–Crippen MR) is 65.6 cm³/mol. The fourth-order valence-corrected chi connectivity index (χ4v) is 0. The van der Waals surface area contributed by atoms with Crippen molar-refractivity contribution in [3.05, 3.63) is 0 Å². The van der Waals surface area contributed by atoms with Gasteiger partial charge in [0.15, 0.2) is 0 Å². The molecule has 0 unspecified atom stereocenters. The van der Waals surface area contributed by atoms with Gasteiger partial charge in [-0.25, -0.2) is 0 Å². The molecule has 0 fully saturated rings. The maximum atomic E-state index is 5.41. The Morgan fingerprint density at radius 3 is 1.20 bits per heavy atom. The Balaban J connectivity index is -0.0000000910. The molecule has 0 amide bonds. The fraction of sp³-hybridized carbons (Fsp3) is 1.00. The van der Waals surface area contributed by atoms with Crippen molar-refractivity contribution in [1.82, 2.24) is 0 Å². The minimum absolute atomic E-state index is 0. The zero-order valence-electron chi connectivity index (χ0n) is 7.86. The van der Waals surface area contributed by atoms with Gasteiger partial charge < -0.3 is 0 Å². The van der Waals surface area contributed by atoms with Crippen molar-refractivity contribution in [3.8, 4) is 0 Å². The van der Waals surface area contributed by atoms with E-state index >= 15 is 0 Å². The molecule has 0 bridgehead atoms. The number of hydrogen-bond acceptors (Lipinski definition) is 0. The van der Waals surface area contributed by atoms with Crippen molar-refractivity contribution >= 4 is 71.1 Å². The van der Waals surface area contributed by atoms with Crippen LogP contribution < -0.4 is 0 Å². The van der Waals surface area contributed by atoms with Crippen molar-refractivity contribution in [2.24, 2.45) is 0 Å². The second-order valence-corrected chi connectivity index (χ2v) is 11.7. The third-order valence-corrected chi connectivity index (χ3v) is 0. The second kappa shape index (κ2) is 9.33. The van der Waals surface area contributed by atoms with Crippen LogP contribution in [0.15, 0.2) is 0 Å². The van der Waals surface area contributed by atoms with Crippen LogP contribution in [0.5, 0.6) is 0 Å². The molecule has 0 atom stereocenters. The van der Waals surface area contributed by atoms with E-state index in [0.717, 1.165) is 0 Å². The Bertz CT molecular complexity index is 54.5. The first-order valence-electron chi connectivity index (χ1n) is 3.37. The maximum Gasteiger partial charge on any atom is 0.134 e. The summed E-state index contributed by atoms with van der Waals surface area (Å²) in [4.78, 5) is 0. The van der Waals surface area contributed by atoms with E-state index in [1.54, 1.807) is 0 Å². The van der Waals surface area contributed by atoms with E-state index < -0.39 is 8.11 Å². The summed E-state index contributed by atoms with van der Waals surface area (Å²) in [6.07, 6.45) is 0. The van der Waals surface area contributed by atoms with Gasteiger partial charge >= 0.3 is 51.4 Å². The SMILES string of the molecule is C[C](C)(C)[Na].C[SiH](C)Cl.I. The van der Waals surface area contributed by atoms with Gasteiger partial charge in [0.2, 0.25) is 0 Å². The molecule has 0 N–H and O–H groups in total. The normalized spacial score (nSPS) is 9.70. The van der Waals surface area contributed by atoms with E-state index in [2.05, 4.69) is 33.9 Å². The smallest absolute Gasteiger partial charge is 0.134 e. The van der Waals surface area contributed by atoms with E-state index in [1.165, 1.54) is 27.9 Å². The summed E-state index contributed by atoms with van der Waals surface area (Å²) in [5.74, 6) is 0. The van der Waals surface area contributed by atoms with Crippen molar-refractivity contribution < 1.29 is 0 Å². The third kappa shape index (κ3) is 175. The summed E-state index contributed by atoms with van der Waals surface area (Å²) in [6.45, 7) is 10.9. The second-order valence-electron chi connectivity index (χ2n) is 4.01. The largest absolute Gasteiger partial charge is 0.172 e. The molecule has 0 nitrogen and oxygen atoms in total. The van der Waals surface area contributed by atoms with E-state index in [9.17, 15) is 0 Å². The van der Waals surface area contributed by atoms with E-state index in [4.69, 9.17) is 11.1 Å². The van der Waals surface area contributed by atoms with E-state index in [0.29, 0.717) is 2.66 Å². The summed E-state index contributed by atoms with van der Waals surface area (Å²) in [6, 6.07) is 0. The van der Waals surface area contributed by atoms with Gasteiger partial charge in [-0.05, 0) is 0 Å². The molecule has 0 heterocycles. The molecule has 0 saturated heterocycles. The topological polar surface area (TPSA) is 0 Å². The first kappa shape index (κ1) is 18.1. The quantitative estimate of drug-likeness (QED) is 0.366. The molecule has 0 spiro atoms. The molecule has 0 aliphatic carbocycles. The van der Waals surface area contributed by atoms with Crippen LogP contribution in [0.3, 0.4) is 0 Å². The van der Waals surface area contributed by atoms with Crippen LogP contribution in [-0.2, 0) is 0 Å². The molecule has 0 aromatic heterocycles. The van der Waals surface area contributed by atoms with Gasteiger partial charge in [-0.3, -0.25) is 0 Å². The van der Waals surface area contributed by atoms with Gasteiger partial charge in [0, 0.05) is 0 Å². The molecular formula is C6H17ClINaSi. The van der Waals surface area contributed by atoms with Crippen LogP contribution in [0.4, 0.5) is 0 Å². The molecule has 0 aliphatic heterocycles. The number of hydrogen-bond donors (Lipinski definition) is 0. The Labute approximate surface area is 106 Å². The molecule has 0 saturated carbocycles. The van der Waals surface area contributed by atoms with Crippen molar-refractivity contribution in [1.29, 1.82) is 0 Å². The number of halogens is 2. The van der Waals surface area contributed by atoms with Crippen LogP contribution in [-0.4, -0.2) is 36.0 Å². The minimum Gasteiger partial charge on any atom is -0.172 e. The van der Waals surface area contributed by atoms with E-state index in [1.807, 2.05) is 0 Å². The zero-order chi connectivity index (χ0) is 8.08. The van der Waals surface area contributed by atoms with Gasteiger partial charge in [0.05, 0.1) is 0 Å². The average Bonchev–Trinajstić information content (AvgIpc) is 1.19. The average molecular weight is 303 g/mol. The summed E-state index contributed by atoms with van der Waals surface area (Å²) in [5, 5.41) is 0. The van der Waals surface area contributed by atoms with Gasteiger partial charge in [0.25, 0.3) is 0 Å². The Kier molecular flexibility index (Phi) is 16.9. The molecular weight excluding hydrogens is 285 g/mol. The van der Waals surface area contributed by atoms with Crippen LogP contribution >= 0.6 is 35.1 Å². The first-order chi connectivity index (χ1) is 3.73. The monoisotopic (exact) mass is 302 g/mol. The van der Waals surface area contributed by atoms with Crippen molar-refractivity contribution in [3.63, 3.8) is 0 Å². The van der Waals surface area contributed by atoms with Crippen LogP contribution in [0.2, 0.25) is 15.8 Å². The van der Waals surface area contributed by atoms with Gasteiger partial charge in [0.1, 0.15) is 8.11 Å². The van der Waals surface area contributed by atoms with Crippen LogP contribution in [0, 0.1) is 0 Å². The van der Waals surface area contributed by atoms with Gasteiger partial charge in [-0.1, -0.05) is 13.1 Å². The summed E-state index contributed by atoms with van der Waals surface area (Å²) < 4.78 is 0.639. The van der Waals surface area contributed by atoms with Crippen molar-refractivity contribution in [2.75, 3.05) is 0 Å². The van der Waals surface area contributed by atoms with Crippen molar-refractivity contribution in [2.45, 2.75) is 36.5 Å². The molecule has 0 aliphatic rings. The molecule has 0 aromatic carbocycles. The summed E-state index contributed by atoms with van der Waals surface area (Å²) >= 11 is 6.72. The van der Waals surface area contributed by atoms with Crippen LogP contribution in [0.1, 0.15) is 20.8 Å². The first-order valence-corrected chi connectivity index (χ1v) is 8.43. The molecule has 10 heavy (non-hydrogen) atoms. The molecule has 0 rings (SSSR count). The molecule has 0 radical (unpaired) electrons. The Morgan fingerprint density at radius 2 is 1.20 bits per heavy atom. The Hall–Kier alpha value is 2.24. The summed E-state index contributed by atoms with van der Waals surface area (Å²) in [7, 11) is -0.667. The van der Waals surface area contributed by atoms with E-state index in [-0.39, 0.29) is 24.0 Å². The molecule has 60 valence electrons.